The quantitative estimate of drug-likeness (QED) is 0.492. The van der Waals surface area contributed by atoms with E-state index in [1.165, 1.54) is 32.0 Å². The first-order valence-corrected chi connectivity index (χ1v) is 9.79. The smallest absolute Gasteiger partial charge is 0.352 e. The van der Waals surface area contributed by atoms with Crippen LogP contribution in [0.25, 0.3) is 5.57 Å². The van der Waals surface area contributed by atoms with Gasteiger partial charge in [-0.25, -0.2) is 0 Å². The highest BCUT2D eigenvalue weighted by molar-refractivity contribution is 6.34. The molecule has 1 amide bonds. The summed E-state index contributed by atoms with van der Waals surface area (Å²) in [5.41, 5.74) is -0.337. The minimum Gasteiger partial charge on any atom is -0.352 e. The number of halogens is 5. The van der Waals surface area contributed by atoms with Crippen LogP contribution >= 0.6 is 23.2 Å². The Morgan fingerprint density at radius 3 is 2.07 bits per heavy atom. The number of allylic oxidation sites excluding steroid dienone is 1. The fourth-order valence-corrected chi connectivity index (χ4v) is 3.80. The van der Waals surface area contributed by atoms with Crippen molar-refractivity contribution in [2.45, 2.75) is 44.8 Å². The summed E-state index contributed by atoms with van der Waals surface area (Å²) < 4.78 is 42.8. The van der Waals surface area contributed by atoms with Crippen molar-refractivity contribution in [3.63, 3.8) is 0 Å². The van der Waals surface area contributed by atoms with Crippen LogP contribution in [0.15, 0.2) is 49.0 Å². The zero-order chi connectivity index (χ0) is 21.8. The molecular formula is C22H22Cl2F3NO. The van der Waals surface area contributed by atoms with Crippen molar-refractivity contribution in [2.24, 2.45) is 0 Å². The first-order valence-electron chi connectivity index (χ1n) is 9.03. The monoisotopic (exact) mass is 443 g/mol. The maximum absolute atomic E-state index is 14.3. The Kier molecular flexibility index (Phi) is 7.41. The highest BCUT2D eigenvalue weighted by atomic mass is 35.5. The van der Waals surface area contributed by atoms with Gasteiger partial charge in [0.2, 0.25) is 5.91 Å². The normalized spacial score (nSPS) is 13.6. The molecule has 0 bridgehead atoms. The summed E-state index contributed by atoms with van der Waals surface area (Å²) in [5, 5.41) is 2.98. The Morgan fingerprint density at radius 2 is 1.62 bits per heavy atom. The lowest BCUT2D eigenvalue weighted by molar-refractivity contribution is -0.190. The van der Waals surface area contributed by atoms with E-state index in [1.807, 2.05) is 0 Å². The Bertz CT molecular complexity index is 874. The maximum Gasteiger partial charge on any atom is 0.398 e. The van der Waals surface area contributed by atoms with E-state index < -0.39 is 11.6 Å². The Hall–Kier alpha value is -1.98. The number of rotatable bonds is 7. The number of hydrogen-bond acceptors (Lipinski definition) is 1. The Morgan fingerprint density at radius 1 is 1.07 bits per heavy atom. The summed E-state index contributed by atoms with van der Waals surface area (Å²) in [4.78, 5) is 11.0. The van der Waals surface area contributed by atoms with Crippen LogP contribution in [0.2, 0.25) is 10.0 Å². The highest BCUT2D eigenvalue weighted by Gasteiger charge is 2.54. The molecular weight excluding hydrogens is 422 g/mol. The molecule has 0 radical (unpaired) electrons. The molecule has 0 aromatic heterocycles. The molecule has 2 aromatic rings. The van der Waals surface area contributed by atoms with E-state index in [1.54, 1.807) is 24.3 Å². The van der Waals surface area contributed by atoms with E-state index in [0.717, 1.165) is 5.56 Å². The van der Waals surface area contributed by atoms with Gasteiger partial charge in [-0.2, -0.15) is 13.2 Å². The number of nitrogens with one attached hydrogen (secondary N) is 1. The lowest BCUT2D eigenvalue weighted by atomic mass is 9.72. The SMILES string of the molecule is C=C(CC(CC)(c1cc(Cl)cc(Cl)c1)C(F)(F)F)c1ccc(CNC(C)=O)cc1. The fourth-order valence-electron chi connectivity index (χ4n) is 3.28. The van der Waals surface area contributed by atoms with E-state index in [-0.39, 0.29) is 34.4 Å². The molecule has 156 valence electrons. The van der Waals surface area contributed by atoms with Crippen LogP contribution in [-0.2, 0) is 16.8 Å². The zero-order valence-electron chi connectivity index (χ0n) is 16.2. The molecule has 0 aliphatic carbocycles. The molecule has 1 unspecified atom stereocenters. The van der Waals surface area contributed by atoms with Gasteiger partial charge in [0.15, 0.2) is 0 Å². The summed E-state index contributed by atoms with van der Waals surface area (Å²) in [6.07, 6.45) is -5.04. The Balaban J connectivity index is 2.36. The van der Waals surface area contributed by atoms with Gasteiger partial charge in [0.1, 0.15) is 0 Å². The fraction of sp³-hybridized carbons (Fsp3) is 0.318. The van der Waals surface area contributed by atoms with E-state index in [2.05, 4.69) is 11.9 Å². The van der Waals surface area contributed by atoms with Crippen molar-refractivity contribution < 1.29 is 18.0 Å². The second-order valence-corrected chi connectivity index (χ2v) is 7.85. The van der Waals surface area contributed by atoms with Crippen molar-refractivity contribution in [3.8, 4) is 0 Å². The van der Waals surface area contributed by atoms with Crippen molar-refractivity contribution >= 4 is 34.7 Å². The summed E-state index contributed by atoms with van der Waals surface area (Å²) >= 11 is 12.0. The number of carbonyl (C=O) groups excluding carboxylic acids is 1. The first-order chi connectivity index (χ1) is 13.5. The van der Waals surface area contributed by atoms with Gasteiger partial charge in [-0.1, -0.05) is 61.0 Å². The summed E-state index contributed by atoms with van der Waals surface area (Å²) in [6.45, 7) is 7.17. The van der Waals surface area contributed by atoms with Crippen LogP contribution in [-0.4, -0.2) is 12.1 Å². The first kappa shape index (κ1) is 23.3. The standard InChI is InChI=1S/C22H22Cl2F3NO/c1-4-21(22(25,26)27,18-9-19(23)11-20(24)10-18)12-14(2)17-7-5-16(6-8-17)13-28-15(3)29/h5-11H,2,4,12-13H2,1,3H3,(H,28,29). The second-order valence-electron chi connectivity index (χ2n) is 6.98. The third-order valence-electron chi connectivity index (χ3n) is 4.98. The third kappa shape index (κ3) is 5.55. The zero-order valence-corrected chi connectivity index (χ0v) is 17.7. The van der Waals surface area contributed by atoms with Crippen LogP contribution in [0.1, 0.15) is 43.4 Å². The van der Waals surface area contributed by atoms with Crippen molar-refractivity contribution in [1.29, 1.82) is 0 Å². The van der Waals surface area contributed by atoms with Crippen LogP contribution in [0.4, 0.5) is 13.2 Å². The molecule has 0 spiro atoms. The molecule has 1 N–H and O–H groups in total. The van der Waals surface area contributed by atoms with Gasteiger partial charge in [0.25, 0.3) is 0 Å². The average molecular weight is 444 g/mol. The Labute approximate surface area is 178 Å². The minimum absolute atomic E-state index is 0.0217. The summed E-state index contributed by atoms with van der Waals surface area (Å²) in [7, 11) is 0. The van der Waals surface area contributed by atoms with Gasteiger partial charge < -0.3 is 5.32 Å². The molecule has 29 heavy (non-hydrogen) atoms. The molecule has 1 atom stereocenters. The molecule has 0 fully saturated rings. The average Bonchev–Trinajstić information content (AvgIpc) is 2.62. The molecule has 7 heteroatoms. The number of amides is 1. The lowest BCUT2D eigenvalue weighted by Crippen LogP contribution is -2.42. The number of hydrogen-bond donors (Lipinski definition) is 1. The third-order valence-corrected chi connectivity index (χ3v) is 5.42. The van der Waals surface area contributed by atoms with Gasteiger partial charge in [-0.15, -0.1) is 0 Å². The van der Waals surface area contributed by atoms with Gasteiger partial charge >= 0.3 is 6.18 Å². The summed E-state index contributed by atoms with van der Waals surface area (Å²) in [6, 6.07) is 11.0. The van der Waals surface area contributed by atoms with E-state index in [9.17, 15) is 18.0 Å². The van der Waals surface area contributed by atoms with Gasteiger partial charge in [0, 0.05) is 23.5 Å². The van der Waals surface area contributed by atoms with Gasteiger partial charge in [0.05, 0.1) is 5.41 Å². The van der Waals surface area contributed by atoms with Crippen LogP contribution in [0.5, 0.6) is 0 Å². The molecule has 0 aliphatic heterocycles. The summed E-state index contributed by atoms with van der Waals surface area (Å²) in [5.74, 6) is -0.156. The van der Waals surface area contributed by atoms with Crippen LogP contribution in [0.3, 0.4) is 0 Å². The molecule has 2 rings (SSSR count). The molecule has 0 saturated heterocycles. The highest BCUT2D eigenvalue weighted by Crippen LogP contribution is 2.50. The largest absolute Gasteiger partial charge is 0.398 e. The molecule has 2 aromatic carbocycles. The predicted octanol–water partition coefficient (Wildman–Crippen LogP) is 6.94. The predicted molar refractivity (Wildman–Crippen MR) is 112 cm³/mol. The minimum atomic E-state index is -4.52. The van der Waals surface area contributed by atoms with Crippen molar-refractivity contribution in [3.05, 3.63) is 75.8 Å². The topological polar surface area (TPSA) is 29.1 Å². The molecule has 0 saturated carbocycles. The van der Waals surface area contributed by atoms with Gasteiger partial charge in [-0.05, 0) is 53.3 Å². The lowest BCUT2D eigenvalue weighted by Gasteiger charge is -2.36. The second kappa shape index (κ2) is 9.23. The molecule has 0 aliphatic rings. The number of carbonyl (C=O) groups is 1. The van der Waals surface area contributed by atoms with E-state index >= 15 is 0 Å². The van der Waals surface area contributed by atoms with Crippen LogP contribution in [0, 0.1) is 0 Å². The van der Waals surface area contributed by atoms with Crippen LogP contribution < -0.4 is 5.32 Å². The molecule has 2 nitrogen and oxygen atoms in total. The maximum atomic E-state index is 14.3. The van der Waals surface area contributed by atoms with Crippen molar-refractivity contribution in [2.75, 3.05) is 0 Å². The van der Waals surface area contributed by atoms with E-state index in [0.29, 0.717) is 17.7 Å². The van der Waals surface area contributed by atoms with Crippen molar-refractivity contribution in [1.82, 2.24) is 5.32 Å². The number of benzene rings is 2. The number of alkyl halides is 3. The van der Waals surface area contributed by atoms with E-state index in [4.69, 9.17) is 23.2 Å². The molecule has 0 heterocycles. The van der Waals surface area contributed by atoms with Gasteiger partial charge in [-0.3, -0.25) is 4.79 Å².